The first-order valence-corrected chi connectivity index (χ1v) is 6.56. The molecule has 0 bridgehead atoms. The number of hydrogen-bond donors (Lipinski definition) is 0. The second kappa shape index (κ2) is 5.29. The lowest BCUT2D eigenvalue weighted by atomic mass is 10.1. The van der Waals surface area contributed by atoms with E-state index in [1.165, 1.54) is 29.1 Å². The minimum atomic E-state index is -4.45. The van der Waals surface area contributed by atoms with E-state index in [1.54, 1.807) is 24.3 Å². The molecule has 0 aliphatic heterocycles. The molecule has 1 aromatic heterocycles. The predicted octanol–water partition coefficient (Wildman–Crippen LogP) is 3.46. The Labute approximate surface area is 123 Å². The molecule has 0 amide bonds. The third kappa shape index (κ3) is 2.59. The molecule has 0 aliphatic rings. The summed E-state index contributed by atoms with van der Waals surface area (Å²) in [5.41, 5.74) is -0.542. The van der Waals surface area contributed by atoms with Crippen molar-refractivity contribution in [2.75, 3.05) is 0 Å². The first-order valence-electron chi connectivity index (χ1n) is 6.56. The van der Waals surface area contributed by atoms with E-state index in [0.29, 0.717) is 10.9 Å². The Hall–Kier alpha value is -2.63. The highest BCUT2D eigenvalue weighted by atomic mass is 19.4. The molecule has 0 unspecified atom stereocenters. The van der Waals surface area contributed by atoms with Gasteiger partial charge in [0.25, 0.3) is 5.56 Å². The SMILES string of the molecule is O=c1c2ccccc2ncn1Cc1ccccc1C(F)(F)F. The molecule has 0 radical (unpaired) electrons. The van der Waals surface area contributed by atoms with E-state index < -0.39 is 11.7 Å². The monoisotopic (exact) mass is 304 g/mol. The smallest absolute Gasteiger partial charge is 0.294 e. The molecular formula is C16H11F3N2O. The first kappa shape index (κ1) is 14.3. The lowest BCUT2D eigenvalue weighted by Crippen LogP contribution is -2.22. The zero-order valence-electron chi connectivity index (χ0n) is 11.3. The molecular weight excluding hydrogens is 293 g/mol. The van der Waals surface area contributed by atoms with E-state index in [0.717, 1.165) is 6.07 Å². The molecule has 1 heterocycles. The molecule has 0 N–H and O–H groups in total. The fraction of sp³-hybridized carbons (Fsp3) is 0.125. The fourth-order valence-corrected chi connectivity index (χ4v) is 2.34. The number of nitrogens with zero attached hydrogens (tertiary/aromatic N) is 2. The molecule has 3 aromatic rings. The normalized spacial score (nSPS) is 11.8. The molecule has 0 spiro atoms. The highest BCUT2D eigenvalue weighted by Gasteiger charge is 2.32. The molecule has 2 aromatic carbocycles. The third-order valence-corrected chi connectivity index (χ3v) is 3.39. The molecule has 0 aliphatic carbocycles. The Balaban J connectivity index is 2.09. The Morgan fingerprint density at radius 3 is 2.45 bits per heavy atom. The van der Waals surface area contributed by atoms with Crippen molar-refractivity contribution in [1.29, 1.82) is 0 Å². The summed E-state index contributed by atoms with van der Waals surface area (Å²) in [6.45, 7) is -0.174. The van der Waals surface area contributed by atoms with Crippen LogP contribution in [0.25, 0.3) is 10.9 Å². The highest BCUT2D eigenvalue weighted by Crippen LogP contribution is 2.32. The van der Waals surface area contributed by atoms with Gasteiger partial charge in [-0.2, -0.15) is 13.2 Å². The Kier molecular flexibility index (Phi) is 3.44. The van der Waals surface area contributed by atoms with Gasteiger partial charge in [-0.15, -0.1) is 0 Å². The number of para-hydroxylation sites is 1. The van der Waals surface area contributed by atoms with Gasteiger partial charge in [0.15, 0.2) is 0 Å². The van der Waals surface area contributed by atoms with E-state index in [4.69, 9.17) is 0 Å². The van der Waals surface area contributed by atoms with Gasteiger partial charge in [0.2, 0.25) is 0 Å². The van der Waals surface area contributed by atoms with Gasteiger partial charge in [-0.3, -0.25) is 9.36 Å². The number of aromatic nitrogens is 2. The molecule has 0 atom stereocenters. The van der Waals surface area contributed by atoms with Crippen LogP contribution < -0.4 is 5.56 Å². The molecule has 3 rings (SSSR count). The van der Waals surface area contributed by atoms with Gasteiger partial charge >= 0.3 is 6.18 Å². The van der Waals surface area contributed by atoms with Crippen molar-refractivity contribution >= 4 is 10.9 Å². The molecule has 112 valence electrons. The van der Waals surface area contributed by atoms with E-state index >= 15 is 0 Å². The molecule has 6 heteroatoms. The Morgan fingerprint density at radius 2 is 1.68 bits per heavy atom. The number of rotatable bonds is 2. The summed E-state index contributed by atoms with van der Waals surface area (Å²) in [7, 11) is 0. The molecule has 3 nitrogen and oxygen atoms in total. The lowest BCUT2D eigenvalue weighted by molar-refractivity contribution is -0.138. The Bertz CT molecular complexity index is 884. The molecule has 22 heavy (non-hydrogen) atoms. The van der Waals surface area contributed by atoms with Crippen LogP contribution >= 0.6 is 0 Å². The quantitative estimate of drug-likeness (QED) is 0.726. The van der Waals surface area contributed by atoms with Crippen molar-refractivity contribution < 1.29 is 13.2 Å². The summed E-state index contributed by atoms with van der Waals surface area (Å²) in [4.78, 5) is 16.4. The summed E-state index contributed by atoms with van der Waals surface area (Å²) in [6.07, 6.45) is -3.18. The van der Waals surface area contributed by atoms with Crippen molar-refractivity contribution in [3.8, 4) is 0 Å². The number of benzene rings is 2. The Morgan fingerprint density at radius 1 is 1.00 bits per heavy atom. The molecule has 0 saturated carbocycles. The van der Waals surface area contributed by atoms with Crippen LogP contribution in [-0.4, -0.2) is 9.55 Å². The van der Waals surface area contributed by atoms with Crippen LogP contribution in [0.15, 0.2) is 59.7 Å². The predicted molar refractivity (Wildman–Crippen MR) is 76.5 cm³/mol. The van der Waals surface area contributed by atoms with Crippen molar-refractivity contribution in [3.05, 3.63) is 76.3 Å². The fourth-order valence-electron chi connectivity index (χ4n) is 2.34. The largest absolute Gasteiger partial charge is 0.416 e. The second-order valence-electron chi connectivity index (χ2n) is 4.85. The minimum Gasteiger partial charge on any atom is -0.294 e. The summed E-state index contributed by atoms with van der Waals surface area (Å²) in [6, 6.07) is 12.0. The van der Waals surface area contributed by atoms with Crippen LogP contribution in [0.4, 0.5) is 13.2 Å². The van der Waals surface area contributed by atoms with Gasteiger partial charge in [-0.05, 0) is 23.8 Å². The summed E-state index contributed by atoms with van der Waals surface area (Å²) in [5.74, 6) is 0. The third-order valence-electron chi connectivity index (χ3n) is 3.39. The van der Waals surface area contributed by atoms with Crippen LogP contribution in [0.1, 0.15) is 11.1 Å². The topological polar surface area (TPSA) is 34.9 Å². The van der Waals surface area contributed by atoms with Crippen LogP contribution in [0.5, 0.6) is 0 Å². The number of alkyl halides is 3. The summed E-state index contributed by atoms with van der Waals surface area (Å²) >= 11 is 0. The van der Waals surface area contributed by atoms with Gasteiger partial charge in [0, 0.05) is 0 Å². The van der Waals surface area contributed by atoms with Crippen LogP contribution in [0, 0.1) is 0 Å². The van der Waals surface area contributed by atoms with Crippen molar-refractivity contribution in [3.63, 3.8) is 0 Å². The number of hydrogen-bond acceptors (Lipinski definition) is 2. The van der Waals surface area contributed by atoms with Crippen molar-refractivity contribution in [1.82, 2.24) is 9.55 Å². The second-order valence-corrected chi connectivity index (χ2v) is 4.85. The summed E-state index contributed by atoms with van der Waals surface area (Å²) in [5, 5.41) is 0.384. The zero-order valence-corrected chi connectivity index (χ0v) is 11.3. The maximum atomic E-state index is 13.0. The number of halogens is 3. The minimum absolute atomic E-state index is 0.0363. The molecule has 0 saturated heterocycles. The average molecular weight is 304 g/mol. The van der Waals surface area contributed by atoms with E-state index in [1.807, 2.05) is 0 Å². The van der Waals surface area contributed by atoms with E-state index in [2.05, 4.69) is 4.98 Å². The van der Waals surface area contributed by atoms with Gasteiger partial charge in [0.1, 0.15) is 0 Å². The van der Waals surface area contributed by atoms with Gasteiger partial charge in [0.05, 0.1) is 29.3 Å². The van der Waals surface area contributed by atoms with Gasteiger partial charge in [-0.1, -0.05) is 30.3 Å². The summed E-state index contributed by atoms with van der Waals surface area (Å²) < 4.78 is 40.2. The molecule has 0 fully saturated rings. The van der Waals surface area contributed by atoms with Gasteiger partial charge in [-0.25, -0.2) is 4.98 Å². The van der Waals surface area contributed by atoms with Crippen molar-refractivity contribution in [2.24, 2.45) is 0 Å². The van der Waals surface area contributed by atoms with Crippen LogP contribution in [-0.2, 0) is 12.7 Å². The number of fused-ring (bicyclic) bond motifs is 1. The maximum absolute atomic E-state index is 13.0. The average Bonchev–Trinajstić information content (AvgIpc) is 2.50. The standard InChI is InChI=1S/C16H11F3N2O/c17-16(18,19)13-7-3-1-5-11(13)9-21-10-20-14-8-4-2-6-12(14)15(21)22/h1-8,10H,9H2. The van der Waals surface area contributed by atoms with E-state index in [-0.39, 0.29) is 17.7 Å². The van der Waals surface area contributed by atoms with E-state index in [9.17, 15) is 18.0 Å². The zero-order chi connectivity index (χ0) is 15.7. The van der Waals surface area contributed by atoms with Crippen molar-refractivity contribution in [2.45, 2.75) is 12.7 Å². The maximum Gasteiger partial charge on any atom is 0.416 e. The highest BCUT2D eigenvalue weighted by molar-refractivity contribution is 5.76. The van der Waals surface area contributed by atoms with Crippen LogP contribution in [0.2, 0.25) is 0 Å². The van der Waals surface area contributed by atoms with Crippen LogP contribution in [0.3, 0.4) is 0 Å². The lowest BCUT2D eigenvalue weighted by Gasteiger charge is -2.13. The van der Waals surface area contributed by atoms with Gasteiger partial charge < -0.3 is 0 Å². The first-order chi connectivity index (χ1) is 10.5.